The second kappa shape index (κ2) is 6.22. The molecule has 0 saturated carbocycles. The lowest BCUT2D eigenvalue weighted by Crippen LogP contribution is -2.29. The van der Waals surface area contributed by atoms with E-state index in [1.165, 1.54) is 5.56 Å². The Balaban J connectivity index is 1.30. The summed E-state index contributed by atoms with van der Waals surface area (Å²) in [7, 11) is 0. The summed E-state index contributed by atoms with van der Waals surface area (Å²) in [5.41, 5.74) is 2.20. The molecule has 0 fully saturated rings. The lowest BCUT2D eigenvalue weighted by molar-refractivity contribution is 0.225. The van der Waals surface area contributed by atoms with Crippen LogP contribution in [0, 0.1) is 0 Å². The van der Waals surface area contributed by atoms with E-state index in [-0.39, 0.29) is 6.10 Å². The minimum Gasteiger partial charge on any atom is -0.488 e. The molecule has 0 radical (unpaired) electrons. The van der Waals surface area contributed by atoms with E-state index in [4.69, 9.17) is 9.15 Å². The summed E-state index contributed by atoms with van der Waals surface area (Å²) < 4.78 is 11.6. The van der Waals surface area contributed by atoms with Crippen molar-refractivity contribution in [2.45, 2.75) is 19.1 Å². The highest BCUT2D eigenvalue weighted by molar-refractivity contribution is 5.51. The van der Waals surface area contributed by atoms with E-state index in [0.717, 1.165) is 24.3 Å². The van der Waals surface area contributed by atoms with Crippen LogP contribution in [0.1, 0.15) is 11.5 Å². The summed E-state index contributed by atoms with van der Waals surface area (Å²) in [5.74, 6) is 2.12. The van der Waals surface area contributed by atoms with Crippen molar-refractivity contribution in [1.82, 2.24) is 15.5 Å². The number of hydrogen-bond donors (Lipinski definition) is 1. The van der Waals surface area contributed by atoms with Crippen LogP contribution in [0.2, 0.25) is 0 Å². The van der Waals surface area contributed by atoms with E-state index >= 15 is 0 Å². The largest absolute Gasteiger partial charge is 0.488 e. The van der Waals surface area contributed by atoms with Crippen molar-refractivity contribution in [1.29, 1.82) is 0 Å². The van der Waals surface area contributed by atoms with Gasteiger partial charge >= 0.3 is 0 Å². The maximum absolute atomic E-state index is 5.89. The first kappa shape index (κ1) is 14.0. The fourth-order valence-corrected chi connectivity index (χ4v) is 2.73. The van der Waals surface area contributed by atoms with Crippen LogP contribution < -0.4 is 10.1 Å². The van der Waals surface area contributed by atoms with Crippen molar-refractivity contribution in [2.75, 3.05) is 6.54 Å². The average molecular weight is 307 g/mol. The molecule has 0 amide bonds. The molecule has 1 aromatic heterocycles. The maximum atomic E-state index is 5.89. The molecule has 0 aliphatic carbocycles. The highest BCUT2D eigenvalue weighted by Crippen LogP contribution is 2.27. The molecule has 23 heavy (non-hydrogen) atoms. The predicted molar refractivity (Wildman–Crippen MR) is 86.0 cm³/mol. The van der Waals surface area contributed by atoms with E-state index in [1.807, 2.05) is 48.5 Å². The molecule has 0 bridgehead atoms. The number of rotatable bonds is 5. The number of fused-ring (bicyclic) bond motifs is 1. The van der Waals surface area contributed by atoms with Crippen LogP contribution in [-0.2, 0) is 13.0 Å². The molecule has 5 nitrogen and oxygen atoms in total. The van der Waals surface area contributed by atoms with E-state index in [2.05, 4.69) is 21.6 Å². The maximum Gasteiger partial charge on any atom is 0.247 e. The lowest BCUT2D eigenvalue weighted by Gasteiger charge is -2.10. The Labute approximate surface area is 134 Å². The summed E-state index contributed by atoms with van der Waals surface area (Å²) in [6.07, 6.45) is 1.09. The van der Waals surface area contributed by atoms with Gasteiger partial charge in [0.1, 0.15) is 11.9 Å². The zero-order chi connectivity index (χ0) is 15.5. The van der Waals surface area contributed by atoms with Crippen LogP contribution >= 0.6 is 0 Å². The number of benzene rings is 2. The first-order chi connectivity index (χ1) is 11.4. The van der Waals surface area contributed by atoms with Crippen LogP contribution in [-0.4, -0.2) is 22.8 Å². The van der Waals surface area contributed by atoms with Gasteiger partial charge in [0.15, 0.2) is 0 Å². The SMILES string of the molecule is c1ccc(-c2nnc(CNCC3Cc4ccccc4O3)o2)cc1. The Morgan fingerprint density at radius 2 is 1.83 bits per heavy atom. The Morgan fingerprint density at radius 3 is 2.70 bits per heavy atom. The highest BCUT2D eigenvalue weighted by atomic mass is 16.5. The first-order valence-electron chi connectivity index (χ1n) is 7.71. The normalized spacial score (nSPS) is 16.1. The van der Waals surface area contributed by atoms with Crippen molar-refractivity contribution in [3.05, 3.63) is 66.1 Å². The molecule has 5 heteroatoms. The minimum atomic E-state index is 0.156. The molecule has 1 aliphatic rings. The zero-order valence-corrected chi connectivity index (χ0v) is 12.6. The van der Waals surface area contributed by atoms with Crippen molar-refractivity contribution < 1.29 is 9.15 Å². The van der Waals surface area contributed by atoms with Crippen molar-refractivity contribution >= 4 is 0 Å². The molecule has 1 atom stereocenters. The highest BCUT2D eigenvalue weighted by Gasteiger charge is 2.21. The summed E-state index contributed by atoms with van der Waals surface area (Å²) in [5, 5.41) is 11.5. The van der Waals surface area contributed by atoms with Gasteiger partial charge in [0.05, 0.1) is 6.54 Å². The van der Waals surface area contributed by atoms with Gasteiger partial charge in [-0.1, -0.05) is 36.4 Å². The van der Waals surface area contributed by atoms with Gasteiger partial charge in [0.2, 0.25) is 11.8 Å². The number of ether oxygens (including phenoxy) is 1. The molecular formula is C18H17N3O2. The van der Waals surface area contributed by atoms with Gasteiger partial charge in [-0.3, -0.25) is 0 Å². The van der Waals surface area contributed by atoms with Crippen molar-refractivity contribution in [3.63, 3.8) is 0 Å². The van der Waals surface area contributed by atoms with Gasteiger partial charge in [-0.25, -0.2) is 0 Å². The average Bonchev–Trinajstić information content (AvgIpc) is 3.22. The summed E-state index contributed by atoms with van der Waals surface area (Å²) in [6.45, 7) is 1.29. The molecule has 3 aromatic rings. The number of hydrogen-bond acceptors (Lipinski definition) is 5. The Hall–Kier alpha value is -2.66. The topological polar surface area (TPSA) is 60.2 Å². The smallest absolute Gasteiger partial charge is 0.247 e. The zero-order valence-electron chi connectivity index (χ0n) is 12.6. The van der Waals surface area contributed by atoms with E-state index in [0.29, 0.717) is 18.3 Å². The third-order valence-corrected chi connectivity index (χ3v) is 3.85. The van der Waals surface area contributed by atoms with Gasteiger partial charge in [0.25, 0.3) is 0 Å². The molecule has 1 unspecified atom stereocenters. The number of aromatic nitrogens is 2. The standard InChI is InChI=1S/C18H17N3O2/c1-2-6-13(7-3-1)18-21-20-17(23-18)12-19-11-15-10-14-8-4-5-9-16(14)22-15/h1-9,15,19H,10-12H2. The fraction of sp³-hybridized carbons (Fsp3) is 0.222. The Bertz CT molecular complexity index is 761. The monoisotopic (exact) mass is 307 g/mol. The molecule has 4 rings (SSSR count). The van der Waals surface area contributed by atoms with Gasteiger partial charge in [-0.2, -0.15) is 0 Å². The summed E-state index contributed by atoms with van der Waals surface area (Å²) in [4.78, 5) is 0. The van der Waals surface area contributed by atoms with E-state index < -0.39 is 0 Å². The molecular weight excluding hydrogens is 290 g/mol. The van der Waals surface area contributed by atoms with Crippen LogP contribution in [0.3, 0.4) is 0 Å². The van der Waals surface area contributed by atoms with Crippen LogP contribution in [0.5, 0.6) is 5.75 Å². The van der Waals surface area contributed by atoms with Gasteiger partial charge in [0, 0.05) is 18.5 Å². The summed E-state index contributed by atoms with van der Waals surface area (Å²) >= 11 is 0. The third-order valence-electron chi connectivity index (χ3n) is 3.85. The number of nitrogens with one attached hydrogen (secondary N) is 1. The van der Waals surface area contributed by atoms with Gasteiger partial charge < -0.3 is 14.5 Å². The predicted octanol–water partition coefficient (Wildman–Crippen LogP) is 2.83. The number of para-hydroxylation sites is 1. The quantitative estimate of drug-likeness (QED) is 0.785. The Kier molecular flexibility index (Phi) is 3.78. The molecule has 116 valence electrons. The third kappa shape index (κ3) is 3.10. The molecule has 2 aromatic carbocycles. The second-order valence-corrected chi connectivity index (χ2v) is 5.55. The van der Waals surface area contributed by atoms with Crippen LogP contribution in [0.15, 0.2) is 59.0 Å². The van der Waals surface area contributed by atoms with Crippen molar-refractivity contribution in [3.8, 4) is 17.2 Å². The molecule has 0 saturated heterocycles. The molecule has 2 heterocycles. The van der Waals surface area contributed by atoms with Gasteiger partial charge in [-0.15, -0.1) is 10.2 Å². The van der Waals surface area contributed by atoms with Crippen LogP contribution in [0.25, 0.3) is 11.5 Å². The minimum absolute atomic E-state index is 0.156. The van der Waals surface area contributed by atoms with E-state index in [1.54, 1.807) is 0 Å². The van der Waals surface area contributed by atoms with Gasteiger partial charge in [-0.05, 0) is 23.8 Å². The number of nitrogens with zero attached hydrogens (tertiary/aromatic N) is 2. The van der Waals surface area contributed by atoms with Crippen LogP contribution in [0.4, 0.5) is 0 Å². The second-order valence-electron chi connectivity index (χ2n) is 5.55. The molecule has 0 spiro atoms. The fourth-order valence-electron chi connectivity index (χ4n) is 2.73. The molecule has 1 aliphatic heterocycles. The van der Waals surface area contributed by atoms with Crippen molar-refractivity contribution in [2.24, 2.45) is 0 Å². The van der Waals surface area contributed by atoms with E-state index in [9.17, 15) is 0 Å². The summed E-state index contributed by atoms with van der Waals surface area (Å²) in [6, 6.07) is 17.9. The Morgan fingerprint density at radius 1 is 1.00 bits per heavy atom. The first-order valence-corrected chi connectivity index (χ1v) is 7.71. The molecule has 1 N–H and O–H groups in total. The lowest BCUT2D eigenvalue weighted by atomic mass is 10.1.